The fourth-order valence-electron chi connectivity index (χ4n) is 5.48. The summed E-state index contributed by atoms with van der Waals surface area (Å²) in [5.74, 6) is -0.0416. The zero-order valence-electron chi connectivity index (χ0n) is 24.2. The van der Waals surface area contributed by atoms with Crippen LogP contribution in [-0.4, -0.2) is 48.1 Å². The van der Waals surface area contributed by atoms with E-state index in [-0.39, 0.29) is 5.97 Å². The van der Waals surface area contributed by atoms with Gasteiger partial charge < -0.3 is 0 Å². The Morgan fingerprint density at radius 2 is 1.06 bits per heavy atom. The minimum absolute atomic E-state index is 0.0416. The first-order chi connectivity index (χ1) is 17.0. The Labute approximate surface area is 227 Å². The predicted molar refractivity (Wildman–Crippen MR) is 159 cm³/mol. The summed E-state index contributed by atoms with van der Waals surface area (Å²) in [7, 11) is 0. The van der Waals surface area contributed by atoms with Gasteiger partial charge in [0.25, 0.3) is 0 Å². The third-order valence-electron chi connectivity index (χ3n) is 7.88. The molecule has 1 aromatic heterocycles. The summed E-state index contributed by atoms with van der Waals surface area (Å²) in [5.41, 5.74) is 0.749. The first-order valence-electron chi connectivity index (χ1n) is 15.1. The second kappa shape index (κ2) is 19.3. The van der Waals surface area contributed by atoms with Crippen LogP contribution in [0.2, 0.25) is 26.6 Å². The van der Waals surface area contributed by atoms with Crippen molar-refractivity contribution in [2.24, 2.45) is 0 Å². The fraction of sp³-hybridized carbons (Fsp3) is 0.800. The second-order valence-electron chi connectivity index (χ2n) is 10.9. The van der Waals surface area contributed by atoms with Gasteiger partial charge in [-0.3, -0.25) is 0 Å². The SMILES string of the molecule is CCC[CH2][Sn]([CH2]CCC)([CH2]CCC)[O]C(=O)c1cnc[c]([Sn]([CH2]CCC)([CH2]CCC)[CH2]CCC)c1. The molecule has 0 radical (unpaired) electrons. The van der Waals surface area contributed by atoms with E-state index in [4.69, 9.17) is 3.07 Å². The number of unbranched alkanes of at least 4 members (excludes halogenated alkanes) is 6. The monoisotopic (exact) mass is 703 g/mol. The van der Waals surface area contributed by atoms with Crippen molar-refractivity contribution in [3.63, 3.8) is 0 Å². The molecule has 0 fully saturated rings. The maximum atomic E-state index is 13.7. The van der Waals surface area contributed by atoms with Gasteiger partial charge in [0, 0.05) is 0 Å². The molecule has 0 unspecified atom stereocenters. The molecule has 5 heteroatoms. The van der Waals surface area contributed by atoms with Crippen LogP contribution in [0.5, 0.6) is 0 Å². The average molecular weight is 701 g/mol. The van der Waals surface area contributed by atoms with Crippen molar-refractivity contribution in [3.8, 4) is 0 Å². The van der Waals surface area contributed by atoms with Gasteiger partial charge in [-0.2, -0.15) is 0 Å². The number of hydrogen-bond donors (Lipinski definition) is 0. The molecule has 35 heavy (non-hydrogen) atoms. The van der Waals surface area contributed by atoms with Crippen LogP contribution < -0.4 is 3.58 Å². The van der Waals surface area contributed by atoms with Crippen LogP contribution in [0.1, 0.15) is 129 Å². The van der Waals surface area contributed by atoms with Crippen molar-refractivity contribution < 1.29 is 7.87 Å². The summed E-state index contributed by atoms with van der Waals surface area (Å²) in [5, 5.41) is 0. The van der Waals surface area contributed by atoms with E-state index in [0.29, 0.717) is 0 Å². The van der Waals surface area contributed by atoms with Gasteiger partial charge in [-0.15, -0.1) is 0 Å². The number of carbonyl (C=O) groups excluding carboxylic acids is 1. The van der Waals surface area contributed by atoms with E-state index in [1.165, 1.54) is 107 Å². The molecule has 0 amide bonds. The molecule has 0 aliphatic heterocycles. The van der Waals surface area contributed by atoms with Gasteiger partial charge in [-0.1, -0.05) is 0 Å². The summed E-state index contributed by atoms with van der Waals surface area (Å²) in [4.78, 5) is 18.4. The number of carbonyl (C=O) groups is 1. The number of rotatable bonds is 21. The minimum atomic E-state index is -3.00. The Bertz CT molecular complexity index is 651. The number of aromatic nitrogens is 1. The van der Waals surface area contributed by atoms with Crippen molar-refractivity contribution in [2.45, 2.75) is 145 Å². The van der Waals surface area contributed by atoms with Crippen molar-refractivity contribution >= 4 is 46.7 Å². The Morgan fingerprint density at radius 3 is 1.46 bits per heavy atom. The summed E-state index contributed by atoms with van der Waals surface area (Å²) in [6, 6.07) is 2.27. The van der Waals surface area contributed by atoms with Crippen LogP contribution in [0.3, 0.4) is 0 Å². The van der Waals surface area contributed by atoms with Crippen molar-refractivity contribution in [3.05, 3.63) is 24.0 Å². The molecule has 0 saturated heterocycles. The molecule has 1 rings (SSSR count). The Morgan fingerprint density at radius 1 is 0.657 bits per heavy atom. The molecule has 0 aromatic carbocycles. The van der Waals surface area contributed by atoms with Crippen molar-refractivity contribution in [1.29, 1.82) is 0 Å². The van der Waals surface area contributed by atoms with E-state index in [0.717, 1.165) is 5.56 Å². The average Bonchev–Trinajstić information content (AvgIpc) is 2.89. The molecule has 0 atom stereocenters. The Balaban J connectivity index is 3.31. The number of nitrogens with zero attached hydrogens (tertiary/aromatic N) is 1. The van der Waals surface area contributed by atoms with Crippen LogP contribution >= 0.6 is 0 Å². The van der Waals surface area contributed by atoms with Crippen LogP contribution in [0.4, 0.5) is 0 Å². The molecule has 202 valence electrons. The normalized spacial score (nSPS) is 12.2. The zero-order valence-corrected chi connectivity index (χ0v) is 29.9. The van der Waals surface area contributed by atoms with Crippen molar-refractivity contribution in [2.75, 3.05) is 0 Å². The second-order valence-corrected chi connectivity index (χ2v) is 35.8. The Kier molecular flexibility index (Phi) is 18.3. The third kappa shape index (κ3) is 11.6. The van der Waals surface area contributed by atoms with Crippen LogP contribution in [0.15, 0.2) is 18.5 Å². The van der Waals surface area contributed by atoms with Crippen LogP contribution in [0, 0.1) is 0 Å². The van der Waals surface area contributed by atoms with Gasteiger partial charge in [0.05, 0.1) is 0 Å². The molecule has 0 saturated carbocycles. The molecule has 1 heterocycles. The van der Waals surface area contributed by atoms with Crippen molar-refractivity contribution in [1.82, 2.24) is 4.98 Å². The fourth-order valence-corrected chi connectivity index (χ4v) is 34.2. The van der Waals surface area contributed by atoms with E-state index in [9.17, 15) is 4.79 Å². The number of hydrogen-bond acceptors (Lipinski definition) is 3. The van der Waals surface area contributed by atoms with Crippen LogP contribution in [-0.2, 0) is 3.07 Å². The van der Waals surface area contributed by atoms with Gasteiger partial charge in [-0.05, 0) is 0 Å². The third-order valence-corrected chi connectivity index (χ3v) is 36.0. The standard InChI is InChI=1S/C6H4NO2.6C4H9.2Sn/c8-6(9)5-2-1-3-7-4-5;6*1-3-4-2;;/h2-4H,(H,8,9);6*1,3-4H2,2H3;;/q;;;;;;;;+1/p-1. The summed E-state index contributed by atoms with van der Waals surface area (Å²) in [6.45, 7) is 13.7. The van der Waals surface area contributed by atoms with Crippen LogP contribution in [0.25, 0.3) is 0 Å². The molecule has 3 nitrogen and oxygen atoms in total. The zero-order chi connectivity index (χ0) is 26.0. The van der Waals surface area contributed by atoms with E-state index in [2.05, 4.69) is 58.8 Å². The number of pyridine rings is 1. The first-order valence-corrected chi connectivity index (χ1v) is 29.8. The van der Waals surface area contributed by atoms with Gasteiger partial charge >= 0.3 is 229 Å². The molecule has 0 bridgehead atoms. The topological polar surface area (TPSA) is 39.2 Å². The summed E-state index contributed by atoms with van der Waals surface area (Å²) >= 11 is -5.62. The van der Waals surface area contributed by atoms with Gasteiger partial charge in [0.1, 0.15) is 0 Å². The van der Waals surface area contributed by atoms with E-state index >= 15 is 0 Å². The molecular weight excluding hydrogens is 644 g/mol. The van der Waals surface area contributed by atoms with E-state index < -0.39 is 37.2 Å². The van der Waals surface area contributed by atoms with E-state index in [1.807, 2.05) is 0 Å². The van der Waals surface area contributed by atoms with E-state index in [1.54, 1.807) is 6.20 Å². The predicted octanol–water partition coefficient (Wildman–Crippen LogP) is 9.64. The Hall–Kier alpha value is 0.217. The first kappa shape index (κ1) is 33.2. The molecular formula is C30H57NO2Sn2. The van der Waals surface area contributed by atoms with Gasteiger partial charge in [0.15, 0.2) is 0 Å². The summed E-state index contributed by atoms with van der Waals surface area (Å²) in [6.07, 6.45) is 18.9. The maximum absolute atomic E-state index is 13.7. The van der Waals surface area contributed by atoms with Gasteiger partial charge in [-0.25, -0.2) is 0 Å². The summed E-state index contributed by atoms with van der Waals surface area (Å²) < 4.78 is 16.0. The molecule has 0 N–H and O–H groups in total. The molecule has 0 aliphatic carbocycles. The van der Waals surface area contributed by atoms with Gasteiger partial charge in [0.2, 0.25) is 0 Å². The quantitative estimate of drug-likeness (QED) is 0.120. The molecule has 1 aromatic rings. The molecule has 0 spiro atoms. The molecule has 0 aliphatic rings.